The second kappa shape index (κ2) is 5.15. The first-order chi connectivity index (χ1) is 9.98. The van der Waals surface area contributed by atoms with Crippen LogP contribution in [0.2, 0.25) is 0 Å². The van der Waals surface area contributed by atoms with Crippen LogP contribution in [0.15, 0.2) is 42.5 Å². The Morgan fingerprint density at radius 2 is 1.95 bits per heavy atom. The molecule has 2 N–H and O–H groups in total. The average molecular weight is 283 g/mol. The zero-order chi connectivity index (χ0) is 15.0. The molecule has 2 unspecified atom stereocenters. The summed E-state index contributed by atoms with van der Waals surface area (Å²) in [5, 5.41) is 15.1. The minimum absolute atomic E-state index is 0.0244. The van der Waals surface area contributed by atoms with E-state index >= 15 is 0 Å². The Bertz CT molecular complexity index is 672. The molecule has 1 aliphatic carbocycles. The molecule has 2 aromatic rings. The molecular formula is C18H21NO2. The molecule has 0 bridgehead atoms. The fraction of sp³-hybridized carbons (Fsp3) is 0.389. The number of rotatable bonds is 3. The number of amides is 1. The maximum Gasteiger partial charge on any atom is 0.224 e. The van der Waals surface area contributed by atoms with Crippen LogP contribution in [-0.4, -0.2) is 23.2 Å². The molecule has 0 heterocycles. The van der Waals surface area contributed by atoms with Crippen molar-refractivity contribution in [2.24, 2.45) is 5.41 Å². The van der Waals surface area contributed by atoms with Crippen LogP contribution in [0.1, 0.15) is 25.8 Å². The van der Waals surface area contributed by atoms with Crippen molar-refractivity contribution >= 4 is 16.7 Å². The van der Waals surface area contributed by atoms with Gasteiger partial charge in [0.25, 0.3) is 0 Å². The van der Waals surface area contributed by atoms with Crippen LogP contribution >= 0.6 is 0 Å². The summed E-state index contributed by atoms with van der Waals surface area (Å²) in [6.45, 7) is 3.98. The number of fused-ring (bicyclic) bond motifs is 1. The maximum atomic E-state index is 12.3. The van der Waals surface area contributed by atoms with Crippen molar-refractivity contribution in [1.82, 2.24) is 5.32 Å². The molecular weight excluding hydrogens is 262 g/mol. The van der Waals surface area contributed by atoms with Gasteiger partial charge in [-0.05, 0) is 22.8 Å². The number of aliphatic hydroxyl groups excluding tert-OH is 1. The predicted octanol–water partition coefficient (Wildman–Crippen LogP) is 2.66. The SMILES string of the molecule is CC1(C)C(O)CC1NC(=O)Cc1cccc2ccccc12. The van der Waals surface area contributed by atoms with E-state index in [-0.39, 0.29) is 23.5 Å². The van der Waals surface area contributed by atoms with Crippen LogP contribution in [0.4, 0.5) is 0 Å². The first-order valence-corrected chi connectivity index (χ1v) is 7.42. The lowest BCUT2D eigenvalue weighted by molar-refractivity contribution is -0.128. The van der Waals surface area contributed by atoms with Crippen molar-refractivity contribution in [2.75, 3.05) is 0 Å². The topological polar surface area (TPSA) is 49.3 Å². The highest BCUT2D eigenvalue weighted by Crippen LogP contribution is 2.40. The third-order valence-corrected chi connectivity index (χ3v) is 4.78. The number of benzene rings is 2. The zero-order valence-electron chi connectivity index (χ0n) is 12.5. The summed E-state index contributed by atoms with van der Waals surface area (Å²) in [7, 11) is 0. The van der Waals surface area contributed by atoms with Crippen LogP contribution in [0.5, 0.6) is 0 Å². The molecule has 21 heavy (non-hydrogen) atoms. The molecule has 1 fully saturated rings. The lowest BCUT2D eigenvalue weighted by Gasteiger charge is -2.49. The molecule has 110 valence electrons. The van der Waals surface area contributed by atoms with Crippen molar-refractivity contribution in [3.05, 3.63) is 48.0 Å². The van der Waals surface area contributed by atoms with Crippen LogP contribution in [0.25, 0.3) is 10.8 Å². The van der Waals surface area contributed by atoms with Crippen molar-refractivity contribution in [2.45, 2.75) is 38.8 Å². The summed E-state index contributed by atoms with van der Waals surface area (Å²) in [5.74, 6) is 0.0244. The van der Waals surface area contributed by atoms with Gasteiger partial charge in [-0.1, -0.05) is 56.3 Å². The van der Waals surface area contributed by atoms with E-state index in [0.717, 1.165) is 16.3 Å². The van der Waals surface area contributed by atoms with Gasteiger partial charge in [0, 0.05) is 11.5 Å². The van der Waals surface area contributed by atoms with Gasteiger partial charge in [0.15, 0.2) is 0 Å². The fourth-order valence-corrected chi connectivity index (χ4v) is 3.01. The van der Waals surface area contributed by atoms with Crippen LogP contribution in [0.3, 0.4) is 0 Å². The van der Waals surface area contributed by atoms with Crippen molar-refractivity contribution in [3.63, 3.8) is 0 Å². The fourth-order valence-electron chi connectivity index (χ4n) is 3.01. The lowest BCUT2D eigenvalue weighted by atomic mass is 9.64. The first-order valence-electron chi connectivity index (χ1n) is 7.42. The largest absolute Gasteiger partial charge is 0.392 e. The van der Waals surface area contributed by atoms with Gasteiger partial charge in [-0.3, -0.25) is 4.79 Å². The highest BCUT2D eigenvalue weighted by molar-refractivity contribution is 5.90. The molecule has 2 atom stereocenters. The molecule has 3 nitrogen and oxygen atoms in total. The molecule has 0 radical (unpaired) electrons. The summed E-state index contributed by atoms with van der Waals surface area (Å²) >= 11 is 0. The van der Waals surface area contributed by atoms with E-state index in [1.54, 1.807) is 0 Å². The molecule has 1 aliphatic rings. The number of aliphatic hydroxyl groups is 1. The smallest absolute Gasteiger partial charge is 0.224 e. The van der Waals surface area contributed by atoms with Crippen LogP contribution in [-0.2, 0) is 11.2 Å². The van der Waals surface area contributed by atoms with Crippen molar-refractivity contribution in [3.8, 4) is 0 Å². The van der Waals surface area contributed by atoms with E-state index in [0.29, 0.717) is 12.8 Å². The Balaban J connectivity index is 1.73. The quantitative estimate of drug-likeness (QED) is 0.910. The second-order valence-corrected chi connectivity index (χ2v) is 6.51. The number of carbonyl (C=O) groups is 1. The minimum Gasteiger partial charge on any atom is -0.392 e. The Morgan fingerprint density at radius 3 is 2.67 bits per heavy atom. The normalized spacial score (nSPS) is 23.6. The number of hydrogen-bond acceptors (Lipinski definition) is 2. The molecule has 0 aromatic heterocycles. The third-order valence-electron chi connectivity index (χ3n) is 4.78. The highest BCUT2D eigenvalue weighted by Gasteiger charge is 2.47. The van der Waals surface area contributed by atoms with Gasteiger partial charge in [-0.2, -0.15) is 0 Å². The van der Waals surface area contributed by atoms with E-state index in [2.05, 4.69) is 23.5 Å². The van der Waals surface area contributed by atoms with Gasteiger partial charge in [0.1, 0.15) is 0 Å². The number of carbonyl (C=O) groups excluding carboxylic acids is 1. The molecule has 0 saturated heterocycles. The Hall–Kier alpha value is -1.87. The third kappa shape index (κ3) is 2.54. The molecule has 3 heteroatoms. The number of nitrogens with one attached hydrogen (secondary N) is 1. The van der Waals surface area contributed by atoms with Crippen molar-refractivity contribution < 1.29 is 9.90 Å². The predicted molar refractivity (Wildman–Crippen MR) is 84.0 cm³/mol. The van der Waals surface area contributed by atoms with E-state index in [1.807, 2.05) is 38.1 Å². The van der Waals surface area contributed by atoms with E-state index < -0.39 is 0 Å². The summed E-state index contributed by atoms with van der Waals surface area (Å²) in [6.07, 6.45) is 0.707. The first kappa shape index (κ1) is 14.1. The van der Waals surface area contributed by atoms with Gasteiger partial charge >= 0.3 is 0 Å². The molecule has 0 aliphatic heterocycles. The number of hydrogen-bond donors (Lipinski definition) is 2. The monoisotopic (exact) mass is 283 g/mol. The summed E-state index contributed by atoms with van der Waals surface area (Å²) in [5.41, 5.74) is 0.817. The lowest BCUT2D eigenvalue weighted by Crippen LogP contribution is -2.61. The van der Waals surface area contributed by atoms with Gasteiger partial charge in [-0.25, -0.2) is 0 Å². The van der Waals surface area contributed by atoms with E-state index in [1.165, 1.54) is 0 Å². The van der Waals surface area contributed by atoms with Gasteiger partial charge in [0.05, 0.1) is 12.5 Å². The minimum atomic E-state index is -0.319. The highest BCUT2D eigenvalue weighted by atomic mass is 16.3. The van der Waals surface area contributed by atoms with Gasteiger partial charge in [-0.15, -0.1) is 0 Å². The summed E-state index contributed by atoms with van der Waals surface area (Å²) in [6, 6.07) is 14.2. The van der Waals surface area contributed by atoms with Crippen LogP contribution in [0, 0.1) is 5.41 Å². The maximum absolute atomic E-state index is 12.3. The molecule has 1 saturated carbocycles. The van der Waals surface area contributed by atoms with Crippen molar-refractivity contribution in [1.29, 1.82) is 0 Å². The van der Waals surface area contributed by atoms with Gasteiger partial charge in [0.2, 0.25) is 5.91 Å². The Kier molecular flexibility index (Phi) is 3.46. The Morgan fingerprint density at radius 1 is 1.24 bits per heavy atom. The zero-order valence-corrected chi connectivity index (χ0v) is 12.5. The standard InChI is InChI=1S/C18H21NO2/c1-18(2)15(11-16(18)20)19-17(21)10-13-8-5-7-12-6-3-4-9-14(12)13/h3-9,15-16,20H,10-11H2,1-2H3,(H,19,21). The summed E-state index contributed by atoms with van der Waals surface area (Å²) < 4.78 is 0. The second-order valence-electron chi connectivity index (χ2n) is 6.51. The molecule has 1 amide bonds. The van der Waals surface area contributed by atoms with E-state index in [9.17, 15) is 9.90 Å². The Labute approximate surface area is 125 Å². The molecule has 2 aromatic carbocycles. The van der Waals surface area contributed by atoms with Crippen LogP contribution < -0.4 is 5.32 Å². The molecule has 3 rings (SSSR count). The summed E-state index contributed by atoms with van der Waals surface area (Å²) in [4.78, 5) is 12.3. The van der Waals surface area contributed by atoms with E-state index in [4.69, 9.17) is 0 Å². The average Bonchev–Trinajstić information content (AvgIpc) is 2.47. The molecule has 0 spiro atoms. The van der Waals surface area contributed by atoms with Gasteiger partial charge < -0.3 is 10.4 Å².